The second-order valence-corrected chi connectivity index (χ2v) is 5.40. The van der Waals surface area contributed by atoms with Crippen LogP contribution in [0.15, 0.2) is 15.8 Å². The Hall–Kier alpha value is -2.17. The number of ether oxygens (including phenoxy) is 2. The molecule has 2 aliphatic rings. The molecule has 0 aliphatic carbocycles. The number of hydrogen-bond acceptors (Lipinski definition) is 7. The fourth-order valence-corrected chi connectivity index (χ4v) is 2.68. The molecule has 0 radical (unpaired) electrons. The number of amides is 1. The minimum Gasteiger partial charge on any atom is -0.446 e. The first-order valence-corrected chi connectivity index (χ1v) is 6.60. The van der Waals surface area contributed by atoms with Crippen molar-refractivity contribution in [1.29, 1.82) is 0 Å². The smallest absolute Gasteiger partial charge is 0.407 e. The maximum Gasteiger partial charge on any atom is 0.407 e. The van der Waals surface area contributed by atoms with Crippen LogP contribution in [0.25, 0.3) is 0 Å². The summed E-state index contributed by atoms with van der Waals surface area (Å²) in [4.78, 5) is 37.1. The Morgan fingerprint density at radius 1 is 1.45 bits per heavy atom. The Kier molecular flexibility index (Phi) is 3.31. The summed E-state index contributed by atoms with van der Waals surface area (Å²) in [7, 11) is 0. The lowest BCUT2D eigenvalue weighted by Crippen LogP contribution is -2.50. The van der Waals surface area contributed by atoms with Crippen LogP contribution < -0.4 is 16.6 Å². The normalized spacial score (nSPS) is 34.0. The van der Waals surface area contributed by atoms with Crippen LogP contribution in [0.2, 0.25) is 0 Å². The Bertz CT molecular complexity index is 726. The molecule has 2 bridgehead atoms. The van der Waals surface area contributed by atoms with Crippen LogP contribution in [-0.4, -0.2) is 56.8 Å². The summed E-state index contributed by atoms with van der Waals surface area (Å²) < 4.78 is 11.5. The van der Waals surface area contributed by atoms with E-state index in [9.17, 15) is 24.6 Å². The van der Waals surface area contributed by atoms with Crippen molar-refractivity contribution in [1.82, 2.24) is 14.9 Å². The van der Waals surface area contributed by atoms with Gasteiger partial charge in [0, 0.05) is 11.8 Å². The number of carbonyl (C=O) groups excluding carboxylic acids is 1. The maximum atomic E-state index is 12.0. The van der Waals surface area contributed by atoms with E-state index in [4.69, 9.17) is 9.47 Å². The largest absolute Gasteiger partial charge is 0.446 e. The molecule has 3 rings (SSSR count). The molecule has 0 aromatic carbocycles. The summed E-state index contributed by atoms with van der Waals surface area (Å²) in [6, 6.07) is -1.01. The van der Waals surface area contributed by atoms with Crippen LogP contribution in [0.1, 0.15) is 11.8 Å². The molecule has 10 nitrogen and oxygen atoms in total. The molecule has 4 N–H and O–H groups in total. The van der Waals surface area contributed by atoms with E-state index < -0.39 is 47.9 Å². The zero-order valence-corrected chi connectivity index (χ0v) is 11.6. The summed E-state index contributed by atoms with van der Waals surface area (Å²) >= 11 is 0. The number of aryl methyl sites for hydroxylation is 1. The number of carbonyl (C=O) groups is 1. The number of hydrogen-bond donors (Lipinski definition) is 4. The molecule has 2 fully saturated rings. The number of aromatic amines is 1. The van der Waals surface area contributed by atoms with Gasteiger partial charge in [-0.2, -0.15) is 0 Å². The second kappa shape index (κ2) is 4.93. The Balaban J connectivity index is 2.09. The molecule has 120 valence electrons. The third kappa shape index (κ3) is 2.03. The van der Waals surface area contributed by atoms with Crippen LogP contribution >= 0.6 is 0 Å². The number of rotatable bonds is 2. The minimum atomic E-state index is -1.53. The van der Waals surface area contributed by atoms with Gasteiger partial charge in [-0.25, -0.2) is 9.59 Å². The van der Waals surface area contributed by atoms with E-state index in [1.165, 1.54) is 13.1 Å². The summed E-state index contributed by atoms with van der Waals surface area (Å²) in [5.41, 5.74) is -2.55. The number of nitrogens with one attached hydrogen (secondary N) is 2. The zero-order valence-electron chi connectivity index (χ0n) is 11.6. The lowest BCUT2D eigenvalue weighted by atomic mass is 9.96. The number of aliphatic hydroxyl groups excluding tert-OH is 2. The van der Waals surface area contributed by atoms with E-state index in [1.807, 2.05) is 0 Å². The van der Waals surface area contributed by atoms with Crippen molar-refractivity contribution >= 4 is 6.09 Å². The van der Waals surface area contributed by atoms with E-state index >= 15 is 0 Å². The number of fused-ring (bicyclic) bond motifs is 2. The van der Waals surface area contributed by atoms with E-state index in [-0.39, 0.29) is 12.2 Å². The first-order valence-electron chi connectivity index (χ1n) is 6.60. The Labute approximate surface area is 123 Å². The highest BCUT2D eigenvalue weighted by Gasteiger charge is 2.58. The fraction of sp³-hybridized carbons (Fsp3) is 0.583. The Morgan fingerprint density at radius 2 is 2.18 bits per heavy atom. The number of nitrogens with zero attached hydrogens (tertiary/aromatic N) is 1. The topological polar surface area (TPSA) is 143 Å². The molecule has 1 amide bonds. The molecular formula is C12H15N3O7. The number of H-pyrrole nitrogens is 1. The first-order chi connectivity index (χ1) is 10.4. The maximum absolute atomic E-state index is 12.0. The van der Waals surface area contributed by atoms with Gasteiger partial charge >= 0.3 is 11.8 Å². The van der Waals surface area contributed by atoms with Crippen molar-refractivity contribution in [2.45, 2.75) is 30.9 Å². The van der Waals surface area contributed by atoms with Gasteiger partial charge in [0.1, 0.15) is 18.8 Å². The molecule has 0 saturated carbocycles. The van der Waals surface area contributed by atoms with Crippen molar-refractivity contribution in [3.8, 4) is 0 Å². The molecular weight excluding hydrogens is 298 g/mol. The number of cyclic esters (lactones) is 1. The Morgan fingerprint density at radius 3 is 2.86 bits per heavy atom. The average molecular weight is 313 g/mol. The predicted octanol–water partition coefficient (Wildman–Crippen LogP) is -2.43. The minimum absolute atomic E-state index is 0.262. The zero-order chi connectivity index (χ0) is 16.1. The number of alkyl carbamates (subject to hydrolysis) is 1. The van der Waals surface area contributed by atoms with E-state index in [0.29, 0.717) is 0 Å². The van der Waals surface area contributed by atoms with Crippen molar-refractivity contribution in [2.75, 3.05) is 13.2 Å². The van der Waals surface area contributed by atoms with Crippen LogP contribution in [0.5, 0.6) is 0 Å². The van der Waals surface area contributed by atoms with Gasteiger partial charge in [-0.1, -0.05) is 0 Å². The summed E-state index contributed by atoms with van der Waals surface area (Å²) in [5, 5.41) is 22.3. The molecule has 1 aromatic heterocycles. The van der Waals surface area contributed by atoms with E-state index in [2.05, 4.69) is 10.3 Å². The quantitative estimate of drug-likeness (QED) is 0.475. The van der Waals surface area contributed by atoms with Gasteiger partial charge in [0.25, 0.3) is 5.56 Å². The standard InChI is InChI=1S/C12H15N3O7/c1-5-2-15(10(19)14-8(5)18)9-6-7(17)12(3-16,22-9)4-21-11(20)13-6/h2,6-7,9,16-17H,3-4H2,1H3,(H,13,20)(H,14,18,19)/t6-,7+,9-,12+/m1/s1. The summed E-state index contributed by atoms with van der Waals surface area (Å²) in [6.45, 7) is 0.538. The van der Waals surface area contributed by atoms with Gasteiger partial charge in [-0.05, 0) is 6.92 Å². The molecule has 10 heteroatoms. The summed E-state index contributed by atoms with van der Waals surface area (Å²) in [6.07, 6.45) is -1.89. The molecule has 0 unspecified atom stereocenters. The third-order valence-corrected chi connectivity index (χ3v) is 3.96. The average Bonchev–Trinajstić information content (AvgIpc) is 2.66. The van der Waals surface area contributed by atoms with Gasteiger partial charge in [0.05, 0.1) is 6.61 Å². The molecule has 22 heavy (non-hydrogen) atoms. The predicted molar refractivity (Wildman–Crippen MR) is 70.3 cm³/mol. The van der Waals surface area contributed by atoms with Crippen molar-refractivity contribution in [3.05, 3.63) is 32.6 Å². The molecule has 2 aliphatic heterocycles. The molecule has 1 aromatic rings. The molecule has 2 saturated heterocycles. The lowest BCUT2D eigenvalue weighted by Gasteiger charge is -2.28. The molecule has 4 atom stereocenters. The number of aliphatic hydroxyl groups is 2. The highest BCUT2D eigenvalue weighted by molar-refractivity contribution is 5.68. The molecule has 0 spiro atoms. The first kappa shape index (κ1) is 14.8. The highest BCUT2D eigenvalue weighted by Crippen LogP contribution is 2.38. The van der Waals surface area contributed by atoms with Gasteiger partial charge < -0.3 is 25.0 Å². The lowest BCUT2D eigenvalue weighted by molar-refractivity contribution is -0.152. The fourth-order valence-electron chi connectivity index (χ4n) is 2.68. The number of aromatic nitrogens is 2. The van der Waals surface area contributed by atoms with Gasteiger partial charge in [0.2, 0.25) is 0 Å². The highest BCUT2D eigenvalue weighted by atomic mass is 16.6. The van der Waals surface area contributed by atoms with Crippen LogP contribution in [0, 0.1) is 6.92 Å². The third-order valence-electron chi connectivity index (χ3n) is 3.96. The van der Waals surface area contributed by atoms with Gasteiger partial charge in [-0.3, -0.25) is 14.3 Å². The second-order valence-electron chi connectivity index (χ2n) is 5.40. The monoisotopic (exact) mass is 313 g/mol. The van der Waals surface area contributed by atoms with E-state index in [0.717, 1.165) is 4.57 Å². The van der Waals surface area contributed by atoms with Crippen LogP contribution in [0.3, 0.4) is 0 Å². The van der Waals surface area contributed by atoms with Crippen molar-refractivity contribution in [3.63, 3.8) is 0 Å². The van der Waals surface area contributed by atoms with Crippen molar-refractivity contribution < 1.29 is 24.5 Å². The summed E-state index contributed by atoms with van der Waals surface area (Å²) in [5.74, 6) is 0. The van der Waals surface area contributed by atoms with E-state index in [1.54, 1.807) is 0 Å². The molecule has 3 heterocycles. The van der Waals surface area contributed by atoms with Gasteiger partial charge in [0.15, 0.2) is 11.8 Å². The van der Waals surface area contributed by atoms with Gasteiger partial charge in [-0.15, -0.1) is 0 Å². The van der Waals surface area contributed by atoms with Crippen LogP contribution in [0.4, 0.5) is 4.79 Å². The van der Waals surface area contributed by atoms with Crippen molar-refractivity contribution in [2.24, 2.45) is 0 Å². The SMILES string of the molecule is Cc1cn([C@@H]2O[C@@]3(CO)COC(=O)N[C@@H]2[C@@H]3O)c(=O)[nH]c1=O. The van der Waals surface area contributed by atoms with Crippen LogP contribution in [-0.2, 0) is 9.47 Å².